The van der Waals surface area contributed by atoms with E-state index in [0.717, 1.165) is 32.5 Å². The summed E-state index contributed by atoms with van der Waals surface area (Å²) in [6, 6.07) is 5.83. The highest BCUT2D eigenvalue weighted by Gasteiger charge is 2.25. The molecule has 1 atom stereocenters. The first-order valence-corrected chi connectivity index (χ1v) is 7.79. The molecule has 0 aliphatic carbocycles. The van der Waals surface area contributed by atoms with Crippen LogP contribution in [0.15, 0.2) is 30.5 Å². The Labute approximate surface area is 134 Å². The van der Waals surface area contributed by atoms with E-state index < -0.39 is 0 Å². The highest BCUT2D eigenvalue weighted by atomic mass is 19.1. The fraction of sp³-hybridized carbons (Fsp3) is 0.438. The first-order valence-electron chi connectivity index (χ1n) is 7.79. The number of carbonyl (C=O) groups is 1. The first kappa shape index (κ1) is 15.6. The van der Waals surface area contributed by atoms with E-state index in [4.69, 9.17) is 0 Å². The lowest BCUT2D eigenvalue weighted by atomic mass is 9.98. The molecule has 1 aliphatic rings. The van der Waals surface area contributed by atoms with Gasteiger partial charge in [0.1, 0.15) is 5.82 Å². The second-order valence-corrected chi connectivity index (χ2v) is 5.81. The van der Waals surface area contributed by atoms with Crippen LogP contribution in [0.3, 0.4) is 0 Å². The standard InChI is InChI=1S/C16H20FN5O/c1-18-9-12-3-2-8-21(11-12)16(23)15-10-19-22(20-15)14-6-4-13(17)5-7-14/h4-7,10,12,18H,2-3,8-9,11H2,1H3/t12-/m1/s1. The summed E-state index contributed by atoms with van der Waals surface area (Å²) in [5.41, 5.74) is 0.941. The number of hydrogen-bond acceptors (Lipinski definition) is 4. The predicted octanol–water partition coefficient (Wildman–Crippen LogP) is 1.48. The van der Waals surface area contributed by atoms with Gasteiger partial charge in [-0.3, -0.25) is 4.79 Å². The molecule has 23 heavy (non-hydrogen) atoms. The van der Waals surface area contributed by atoms with Gasteiger partial charge in [0.25, 0.3) is 5.91 Å². The number of hydrogen-bond donors (Lipinski definition) is 1. The van der Waals surface area contributed by atoms with Crippen LogP contribution in [-0.4, -0.2) is 52.5 Å². The van der Waals surface area contributed by atoms with Crippen LogP contribution < -0.4 is 5.32 Å². The number of benzene rings is 1. The lowest BCUT2D eigenvalue weighted by Gasteiger charge is -2.32. The summed E-state index contributed by atoms with van der Waals surface area (Å²) in [6.45, 7) is 2.40. The van der Waals surface area contributed by atoms with Crippen molar-refractivity contribution < 1.29 is 9.18 Å². The number of nitrogens with zero attached hydrogens (tertiary/aromatic N) is 4. The van der Waals surface area contributed by atoms with Crippen LogP contribution in [0.5, 0.6) is 0 Å². The predicted molar refractivity (Wildman–Crippen MR) is 83.9 cm³/mol. The zero-order chi connectivity index (χ0) is 16.2. The van der Waals surface area contributed by atoms with Crippen molar-refractivity contribution in [2.24, 2.45) is 5.92 Å². The maximum absolute atomic E-state index is 13.0. The third-order valence-electron chi connectivity index (χ3n) is 4.07. The van der Waals surface area contributed by atoms with Crippen molar-refractivity contribution in [2.45, 2.75) is 12.8 Å². The van der Waals surface area contributed by atoms with Crippen LogP contribution in [0.2, 0.25) is 0 Å². The molecule has 0 unspecified atom stereocenters. The van der Waals surface area contributed by atoms with Crippen molar-refractivity contribution >= 4 is 5.91 Å². The van der Waals surface area contributed by atoms with Gasteiger partial charge in [0.05, 0.1) is 11.9 Å². The molecular formula is C16H20FN5O. The molecule has 1 aromatic carbocycles. The molecule has 1 fully saturated rings. The number of carbonyl (C=O) groups excluding carboxylic acids is 1. The molecule has 0 saturated carbocycles. The van der Waals surface area contributed by atoms with Crippen LogP contribution in [0.4, 0.5) is 4.39 Å². The maximum atomic E-state index is 13.0. The zero-order valence-electron chi connectivity index (χ0n) is 13.1. The third kappa shape index (κ3) is 3.56. The Morgan fingerprint density at radius 1 is 1.39 bits per heavy atom. The Morgan fingerprint density at radius 2 is 2.17 bits per heavy atom. The quantitative estimate of drug-likeness (QED) is 0.928. The second kappa shape index (κ2) is 6.87. The molecule has 1 aromatic heterocycles. The van der Waals surface area contributed by atoms with Crippen molar-refractivity contribution in [1.29, 1.82) is 0 Å². The monoisotopic (exact) mass is 317 g/mol. The number of rotatable bonds is 4. The van der Waals surface area contributed by atoms with E-state index in [0.29, 0.717) is 17.3 Å². The lowest BCUT2D eigenvalue weighted by Crippen LogP contribution is -2.42. The van der Waals surface area contributed by atoms with Crippen molar-refractivity contribution in [1.82, 2.24) is 25.2 Å². The third-order valence-corrected chi connectivity index (χ3v) is 4.07. The summed E-state index contributed by atoms with van der Waals surface area (Å²) < 4.78 is 13.0. The summed E-state index contributed by atoms with van der Waals surface area (Å²) in [7, 11) is 1.93. The van der Waals surface area contributed by atoms with E-state index >= 15 is 0 Å². The summed E-state index contributed by atoms with van der Waals surface area (Å²) in [5, 5.41) is 11.5. The number of halogens is 1. The van der Waals surface area contributed by atoms with Gasteiger partial charge in [0.2, 0.25) is 0 Å². The first-order chi connectivity index (χ1) is 11.2. The smallest absolute Gasteiger partial charge is 0.276 e. The number of nitrogens with one attached hydrogen (secondary N) is 1. The van der Waals surface area contributed by atoms with E-state index in [-0.39, 0.29) is 11.7 Å². The minimum absolute atomic E-state index is 0.0980. The van der Waals surface area contributed by atoms with Crippen LogP contribution in [0, 0.1) is 11.7 Å². The van der Waals surface area contributed by atoms with Crippen LogP contribution >= 0.6 is 0 Å². The molecule has 0 bridgehead atoms. The van der Waals surface area contributed by atoms with Gasteiger partial charge < -0.3 is 10.2 Å². The summed E-state index contributed by atoms with van der Waals surface area (Å²) in [5.74, 6) is 0.0603. The van der Waals surface area contributed by atoms with Crippen LogP contribution in [-0.2, 0) is 0 Å². The highest BCUT2D eigenvalue weighted by Crippen LogP contribution is 2.17. The molecule has 2 heterocycles. The van der Waals surface area contributed by atoms with Gasteiger partial charge in [0, 0.05) is 13.1 Å². The fourth-order valence-electron chi connectivity index (χ4n) is 2.93. The summed E-state index contributed by atoms with van der Waals surface area (Å²) in [4.78, 5) is 15.8. The minimum atomic E-state index is -0.318. The Hall–Kier alpha value is -2.28. The lowest BCUT2D eigenvalue weighted by molar-refractivity contribution is 0.0668. The van der Waals surface area contributed by atoms with E-state index in [1.54, 1.807) is 12.1 Å². The van der Waals surface area contributed by atoms with Crippen molar-refractivity contribution in [2.75, 3.05) is 26.7 Å². The average Bonchev–Trinajstić information content (AvgIpc) is 3.05. The van der Waals surface area contributed by atoms with Crippen LogP contribution in [0.1, 0.15) is 23.3 Å². The SMILES string of the molecule is CNC[C@H]1CCCN(C(=O)c2cnn(-c3ccc(F)cc3)n2)C1. The van der Waals surface area contributed by atoms with Gasteiger partial charge in [-0.25, -0.2) is 4.39 Å². The summed E-state index contributed by atoms with van der Waals surface area (Å²) >= 11 is 0. The van der Waals surface area contributed by atoms with Crippen molar-refractivity contribution in [3.63, 3.8) is 0 Å². The Kier molecular flexibility index (Phi) is 4.66. The van der Waals surface area contributed by atoms with E-state index in [1.165, 1.54) is 23.1 Å². The number of aromatic nitrogens is 3. The van der Waals surface area contributed by atoms with Gasteiger partial charge >= 0.3 is 0 Å². The molecule has 122 valence electrons. The molecule has 6 nitrogen and oxygen atoms in total. The van der Waals surface area contributed by atoms with Gasteiger partial charge in [-0.05, 0) is 56.6 Å². The molecule has 1 aliphatic heterocycles. The number of piperidine rings is 1. The Bertz CT molecular complexity index is 667. The molecule has 1 saturated heterocycles. The highest BCUT2D eigenvalue weighted by molar-refractivity contribution is 5.92. The normalized spacial score (nSPS) is 18.2. The molecule has 1 amide bonds. The fourth-order valence-corrected chi connectivity index (χ4v) is 2.93. The van der Waals surface area contributed by atoms with Gasteiger partial charge in [0.15, 0.2) is 5.69 Å². The summed E-state index contributed by atoms with van der Waals surface area (Å²) in [6.07, 6.45) is 3.60. The molecule has 2 aromatic rings. The zero-order valence-corrected chi connectivity index (χ0v) is 13.1. The molecule has 7 heteroatoms. The number of amides is 1. The van der Waals surface area contributed by atoms with E-state index in [9.17, 15) is 9.18 Å². The second-order valence-electron chi connectivity index (χ2n) is 5.81. The van der Waals surface area contributed by atoms with Gasteiger partial charge in [-0.1, -0.05) is 0 Å². The topological polar surface area (TPSA) is 63.1 Å². The minimum Gasteiger partial charge on any atom is -0.337 e. The van der Waals surface area contributed by atoms with Gasteiger partial charge in [-0.15, -0.1) is 5.10 Å². The molecule has 0 radical (unpaired) electrons. The Balaban J connectivity index is 1.72. The average molecular weight is 317 g/mol. The van der Waals surface area contributed by atoms with Crippen molar-refractivity contribution in [3.05, 3.63) is 42.0 Å². The molecule has 0 spiro atoms. The molecule has 3 rings (SSSR count). The van der Waals surface area contributed by atoms with Crippen LogP contribution in [0.25, 0.3) is 5.69 Å². The van der Waals surface area contributed by atoms with E-state index in [1.807, 2.05) is 11.9 Å². The maximum Gasteiger partial charge on any atom is 0.276 e. The molecular weight excluding hydrogens is 297 g/mol. The largest absolute Gasteiger partial charge is 0.337 e. The Morgan fingerprint density at radius 3 is 2.91 bits per heavy atom. The van der Waals surface area contributed by atoms with Gasteiger partial charge in [-0.2, -0.15) is 9.90 Å². The number of likely N-dealkylation sites (tertiary alicyclic amines) is 1. The van der Waals surface area contributed by atoms with Crippen molar-refractivity contribution in [3.8, 4) is 5.69 Å². The molecule has 1 N–H and O–H groups in total. The van der Waals surface area contributed by atoms with E-state index in [2.05, 4.69) is 15.5 Å².